The summed E-state index contributed by atoms with van der Waals surface area (Å²) in [5, 5.41) is 1.14. The Morgan fingerprint density at radius 2 is 2.05 bits per heavy atom. The fourth-order valence-corrected chi connectivity index (χ4v) is 5.27. The van der Waals surface area contributed by atoms with Crippen LogP contribution in [0.5, 0.6) is 0 Å². The van der Waals surface area contributed by atoms with Gasteiger partial charge < -0.3 is 11.5 Å². The first kappa shape index (κ1) is 15.0. The van der Waals surface area contributed by atoms with Crippen LogP contribution in [-0.4, -0.2) is 23.9 Å². The summed E-state index contributed by atoms with van der Waals surface area (Å²) in [5.74, 6) is 0. The molecule has 0 amide bonds. The van der Waals surface area contributed by atoms with E-state index in [0.29, 0.717) is 24.2 Å². The Bertz CT molecular complexity index is 941. The maximum absolute atomic E-state index is 12.9. The van der Waals surface area contributed by atoms with Gasteiger partial charge in [-0.1, -0.05) is 29.5 Å². The van der Waals surface area contributed by atoms with Gasteiger partial charge in [0.1, 0.15) is 0 Å². The predicted molar refractivity (Wildman–Crippen MR) is 88.5 cm³/mol. The number of aryl methyl sites for hydroxylation is 1. The molecule has 0 aliphatic heterocycles. The van der Waals surface area contributed by atoms with Gasteiger partial charge in [0, 0.05) is 11.6 Å². The van der Waals surface area contributed by atoms with Crippen LogP contribution in [0, 0.1) is 6.92 Å². The van der Waals surface area contributed by atoms with Gasteiger partial charge in [-0.3, -0.25) is 0 Å². The van der Waals surface area contributed by atoms with Crippen molar-refractivity contribution in [3.63, 3.8) is 0 Å². The lowest BCUT2D eigenvalue weighted by Crippen LogP contribution is -2.11. The molecule has 0 aliphatic rings. The van der Waals surface area contributed by atoms with Gasteiger partial charge in [0.2, 0.25) is 0 Å². The van der Waals surface area contributed by atoms with Crippen LogP contribution in [0.4, 0.5) is 5.13 Å². The fourth-order valence-electron chi connectivity index (χ4n) is 2.50. The number of nitrogen functional groups attached to an aromatic ring is 1. The summed E-state index contributed by atoms with van der Waals surface area (Å²) < 4.78 is 27.4. The van der Waals surface area contributed by atoms with E-state index in [4.69, 9.17) is 11.5 Å². The number of thiazole rings is 1. The summed E-state index contributed by atoms with van der Waals surface area (Å²) in [5.41, 5.74) is 13.2. The molecule has 0 fully saturated rings. The quantitative estimate of drug-likeness (QED) is 0.755. The molecule has 0 radical (unpaired) electrons. The van der Waals surface area contributed by atoms with Crippen molar-refractivity contribution in [3.8, 4) is 0 Å². The van der Waals surface area contributed by atoms with E-state index < -0.39 is 10.0 Å². The zero-order chi connectivity index (χ0) is 15.9. The van der Waals surface area contributed by atoms with Gasteiger partial charge in [-0.2, -0.15) is 8.42 Å². The lowest BCUT2D eigenvalue weighted by Gasteiger charge is -2.05. The molecule has 4 N–H and O–H groups in total. The number of nitrogens with two attached hydrogens (primary N) is 2. The number of nitrogens with zero attached hydrogens (tertiary/aromatic N) is 2. The second-order valence-corrected chi connectivity index (χ2v) is 7.98. The van der Waals surface area contributed by atoms with E-state index in [0.717, 1.165) is 22.3 Å². The molecule has 1 aromatic carbocycles. The summed E-state index contributed by atoms with van der Waals surface area (Å²) in [6.07, 6.45) is 2.26. The molecule has 2 heterocycles. The number of para-hydroxylation sites is 1. The van der Waals surface area contributed by atoms with Crippen LogP contribution in [0.2, 0.25) is 0 Å². The van der Waals surface area contributed by atoms with Gasteiger partial charge in [-0.25, -0.2) is 8.96 Å². The number of fused-ring (bicyclic) bond motifs is 1. The van der Waals surface area contributed by atoms with Crippen LogP contribution < -0.4 is 11.5 Å². The molecule has 0 unspecified atom stereocenters. The first-order valence-electron chi connectivity index (χ1n) is 6.72. The standard InChI is InChI=1S/C14H16N4O2S2/c1-9-13(21-14(16)17-9)22(19,20)18-8-10(6-7-15)11-4-2-3-5-12(11)18/h2-5,8H,6-7,15H2,1H3,(H2,16,17). The Morgan fingerprint density at radius 1 is 1.32 bits per heavy atom. The minimum absolute atomic E-state index is 0.171. The van der Waals surface area contributed by atoms with Gasteiger partial charge in [0.05, 0.1) is 11.2 Å². The highest BCUT2D eigenvalue weighted by Gasteiger charge is 2.25. The molecule has 116 valence electrons. The molecule has 3 aromatic rings. The summed E-state index contributed by atoms with van der Waals surface area (Å²) in [7, 11) is -3.72. The van der Waals surface area contributed by atoms with Crippen LogP contribution in [0.3, 0.4) is 0 Å². The van der Waals surface area contributed by atoms with Crippen molar-refractivity contribution in [1.29, 1.82) is 0 Å². The van der Waals surface area contributed by atoms with Crippen molar-refractivity contribution >= 4 is 37.4 Å². The Labute approximate surface area is 132 Å². The van der Waals surface area contributed by atoms with Crippen molar-refractivity contribution in [2.45, 2.75) is 17.6 Å². The molecule has 6 nitrogen and oxygen atoms in total. The lowest BCUT2D eigenvalue weighted by molar-refractivity contribution is 0.590. The highest BCUT2D eigenvalue weighted by Crippen LogP contribution is 2.31. The molecule has 0 saturated heterocycles. The number of anilines is 1. The summed E-state index contributed by atoms with van der Waals surface area (Å²) >= 11 is 0.980. The third kappa shape index (κ3) is 2.29. The van der Waals surface area contributed by atoms with Gasteiger partial charge in [0.25, 0.3) is 10.0 Å². The number of hydrogen-bond donors (Lipinski definition) is 2. The van der Waals surface area contributed by atoms with Crippen molar-refractivity contribution in [2.24, 2.45) is 5.73 Å². The normalized spacial score (nSPS) is 12.1. The van der Waals surface area contributed by atoms with Crippen LogP contribution in [0.1, 0.15) is 11.3 Å². The molecule has 2 aromatic heterocycles. The third-order valence-electron chi connectivity index (χ3n) is 3.44. The zero-order valence-electron chi connectivity index (χ0n) is 12.0. The smallest absolute Gasteiger partial charge is 0.279 e. The SMILES string of the molecule is Cc1nc(N)sc1S(=O)(=O)n1cc(CCN)c2ccccc21. The Kier molecular flexibility index (Phi) is 3.67. The van der Waals surface area contributed by atoms with Crippen LogP contribution in [0.15, 0.2) is 34.7 Å². The van der Waals surface area contributed by atoms with Gasteiger partial charge in [0.15, 0.2) is 9.34 Å². The van der Waals surface area contributed by atoms with Gasteiger partial charge in [-0.15, -0.1) is 0 Å². The average molecular weight is 336 g/mol. The van der Waals surface area contributed by atoms with Gasteiger partial charge >= 0.3 is 0 Å². The summed E-state index contributed by atoms with van der Waals surface area (Å²) in [4.78, 5) is 4.01. The maximum Gasteiger partial charge on any atom is 0.279 e. The van der Waals surface area contributed by atoms with Crippen molar-refractivity contribution in [2.75, 3.05) is 12.3 Å². The first-order chi connectivity index (χ1) is 10.4. The van der Waals surface area contributed by atoms with Crippen molar-refractivity contribution in [3.05, 3.63) is 41.7 Å². The molecule has 22 heavy (non-hydrogen) atoms. The largest absolute Gasteiger partial charge is 0.375 e. The van der Waals surface area contributed by atoms with Crippen molar-refractivity contribution < 1.29 is 8.42 Å². The zero-order valence-corrected chi connectivity index (χ0v) is 13.6. The predicted octanol–water partition coefficient (Wildman–Crippen LogP) is 1.73. The van der Waals surface area contributed by atoms with E-state index in [1.54, 1.807) is 19.2 Å². The summed E-state index contributed by atoms with van der Waals surface area (Å²) in [6, 6.07) is 7.39. The molecule has 0 aliphatic carbocycles. The average Bonchev–Trinajstić information content (AvgIpc) is 3.01. The minimum Gasteiger partial charge on any atom is -0.375 e. The Hall–Kier alpha value is -1.90. The molecule has 0 bridgehead atoms. The minimum atomic E-state index is -3.72. The molecule has 3 rings (SSSR count). The van der Waals surface area contributed by atoms with Crippen LogP contribution >= 0.6 is 11.3 Å². The van der Waals surface area contributed by atoms with Crippen LogP contribution in [0.25, 0.3) is 10.9 Å². The Balaban J connectivity index is 2.28. The topological polar surface area (TPSA) is 104 Å². The molecule has 8 heteroatoms. The van der Waals surface area contributed by atoms with E-state index >= 15 is 0 Å². The second-order valence-electron chi connectivity index (χ2n) is 4.94. The monoisotopic (exact) mass is 336 g/mol. The number of rotatable bonds is 4. The maximum atomic E-state index is 12.9. The number of benzene rings is 1. The number of hydrogen-bond acceptors (Lipinski definition) is 6. The molecule has 0 atom stereocenters. The van der Waals surface area contributed by atoms with E-state index in [9.17, 15) is 8.42 Å². The lowest BCUT2D eigenvalue weighted by atomic mass is 10.1. The van der Waals surface area contributed by atoms with Crippen molar-refractivity contribution in [1.82, 2.24) is 8.96 Å². The van der Waals surface area contributed by atoms with E-state index in [1.165, 1.54) is 3.97 Å². The van der Waals surface area contributed by atoms with Gasteiger partial charge in [-0.05, 0) is 31.5 Å². The molecule has 0 saturated carbocycles. The molecule has 0 spiro atoms. The molecular weight excluding hydrogens is 320 g/mol. The molecular formula is C14H16N4O2S2. The fraction of sp³-hybridized carbons (Fsp3) is 0.214. The van der Waals surface area contributed by atoms with E-state index in [1.807, 2.05) is 18.2 Å². The second kappa shape index (κ2) is 5.38. The summed E-state index contributed by atoms with van der Waals surface area (Å²) in [6.45, 7) is 2.10. The number of aromatic nitrogens is 2. The van der Waals surface area contributed by atoms with E-state index in [-0.39, 0.29) is 9.34 Å². The first-order valence-corrected chi connectivity index (χ1v) is 8.98. The highest BCUT2D eigenvalue weighted by molar-refractivity contribution is 7.92. The van der Waals surface area contributed by atoms with Crippen LogP contribution in [-0.2, 0) is 16.4 Å². The van der Waals surface area contributed by atoms with E-state index in [2.05, 4.69) is 4.98 Å². The third-order valence-corrected chi connectivity index (χ3v) is 6.69. The Morgan fingerprint density at radius 3 is 2.68 bits per heavy atom. The highest BCUT2D eigenvalue weighted by atomic mass is 32.2.